The van der Waals surface area contributed by atoms with Gasteiger partial charge in [0.2, 0.25) is 0 Å². The molecular formula is C20H29F3N4O. The summed E-state index contributed by atoms with van der Waals surface area (Å²) in [4.78, 5) is 5.64. The van der Waals surface area contributed by atoms with Gasteiger partial charge in [-0.15, -0.1) is 0 Å². The highest BCUT2D eigenvalue weighted by Crippen LogP contribution is 2.30. The van der Waals surface area contributed by atoms with Crippen molar-refractivity contribution in [3.05, 3.63) is 29.3 Å². The van der Waals surface area contributed by atoms with Gasteiger partial charge in [-0.25, -0.2) is 0 Å². The Morgan fingerprint density at radius 2 is 2.07 bits per heavy atom. The Kier molecular flexibility index (Phi) is 6.69. The van der Waals surface area contributed by atoms with Crippen LogP contribution in [0.2, 0.25) is 0 Å². The summed E-state index contributed by atoms with van der Waals surface area (Å²) in [5.41, 5.74) is 2.19. The van der Waals surface area contributed by atoms with Crippen LogP contribution in [0.25, 0.3) is 0 Å². The average Bonchev–Trinajstić information content (AvgIpc) is 3.36. The molecule has 28 heavy (non-hydrogen) atoms. The summed E-state index contributed by atoms with van der Waals surface area (Å²) in [6, 6.07) is 6.08. The first-order chi connectivity index (χ1) is 13.3. The van der Waals surface area contributed by atoms with Crippen LogP contribution in [0, 0.1) is 12.8 Å². The first kappa shape index (κ1) is 20.8. The normalized spacial score (nSPS) is 21.0. The van der Waals surface area contributed by atoms with Crippen LogP contribution in [0.5, 0.6) is 5.75 Å². The predicted octanol–water partition coefficient (Wildman–Crippen LogP) is 3.09. The Hall–Kier alpha value is -1.96. The van der Waals surface area contributed by atoms with Crippen LogP contribution in [-0.2, 0) is 6.54 Å². The molecule has 1 aliphatic carbocycles. The Bertz CT molecular complexity index is 689. The van der Waals surface area contributed by atoms with Gasteiger partial charge in [-0.05, 0) is 43.7 Å². The van der Waals surface area contributed by atoms with Gasteiger partial charge in [-0.3, -0.25) is 9.89 Å². The van der Waals surface area contributed by atoms with E-state index in [0.29, 0.717) is 37.9 Å². The van der Waals surface area contributed by atoms with Crippen LogP contribution in [0.4, 0.5) is 13.2 Å². The van der Waals surface area contributed by atoms with Crippen LogP contribution in [0.1, 0.15) is 30.4 Å². The number of hydrogen-bond donors (Lipinski definition) is 2. The number of halogens is 3. The number of likely N-dealkylation sites (tertiary alicyclic amines) is 1. The lowest BCUT2D eigenvalue weighted by molar-refractivity contribution is -0.143. The summed E-state index contributed by atoms with van der Waals surface area (Å²) in [6.45, 7) is 3.27. The van der Waals surface area contributed by atoms with Crippen molar-refractivity contribution in [1.82, 2.24) is 15.5 Å². The van der Waals surface area contributed by atoms with E-state index in [9.17, 15) is 13.2 Å². The molecule has 1 aromatic carbocycles. The van der Waals surface area contributed by atoms with Crippen molar-refractivity contribution in [3.8, 4) is 5.75 Å². The van der Waals surface area contributed by atoms with Crippen LogP contribution < -0.4 is 15.4 Å². The Morgan fingerprint density at radius 3 is 2.75 bits per heavy atom. The minimum absolute atomic E-state index is 0.0443. The molecule has 8 heteroatoms. The number of aliphatic imine (C=N–C) groups is 1. The van der Waals surface area contributed by atoms with Crippen molar-refractivity contribution in [2.45, 2.75) is 44.9 Å². The monoisotopic (exact) mass is 398 g/mol. The molecule has 1 unspecified atom stereocenters. The first-order valence-corrected chi connectivity index (χ1v) is 9.81. The zero-order valence-electron chi connectivity index (χ0n) is 16.5. The van der Waals surface area contributed by atoms with Crippen LogP contribution in [-0.4, -0.2) is 56.4 Å². The van der Waals surface area contributed by atoms with E-state index in [1.54, 1.807) is 7.05 Å². The highest BCUT2D eigenvalue weighted by atomic mass is 19.4. The van der Waals surface area contributed by atoms with Crippen molar-refractivity contribution in [3.63, 3.8) is 0 Å². The van der Waals surface area contributed by atoms with E-state index < -0.39 is 12.7 Å². The predicted molar refractivity (Wildman–Crippen MR) is 104 cm³/mol. The Labute approximate surface area is 164 Å². The molecule has 1 heterocycles. The molecule has 3 rings (SSSR count). The third kappa shape index (κ3) is 6.58. The van der Waals surface area contributed by atoms with E-state index in [4.69, 9.17) is 4.74 Å². The SMILES string of the molecule is CN=C(NCc1ccc(C)cc1OCC1CC1)NC1CCN(CC(F)(F)F)C1. The zero-order valence-corrected chi connectivity index (χ0v) is 16.5. The summed E-state index contributed by atoms with van der Waals surface area (Å²) in [6.07, 6.45) is -1.01. The van der Waals surface area contributed by atoms with Crippen molar-refractivity contribution >= 4 is 5.96 Å². The quantitative estimate of drug-likeness (QED) is 0.548. The fourth-order valence-electron chi connectivity index (χ4n) is 3.35. The maximum atomic E-state index is 12.5. The molecule has 156 valence electrons. The lowest BCUT2D eigenvalue weighted by atomic mass is 10.1. The number of aryl methyl sites for hydroxylation is 1. The summed E-state index contributed by atoms with van der Waals surface area (Å²) < 4.78 is 43.6. The first-order valence-electron chi connectivity index (χ1n) is 9.81. The van der Waals surface area contributed by atoms with Gasteiger partial charge in [0.1, 0.15) is 5.75 Å². The molecule has 1 atom stereocenters. The van der Waals surface area contributed by atoms with Gasteiger partial charge in [0.15, 0.2) is 5.96 Å². The van der Waals surface area contributed by atoms with E-state index >= 15 is 0 Å². The smallest absolute Gasteiger partial charge is 0.401 e. The van der Waals surface area contributed by atoms with Crippen LogP contribution in [0.15, 0.2) is 23.2 Å². The second-order valence-electron chi connectivity index (χ2n) is 7.77. The van der Waals surface area contributed by atoms with E-state index in [1.807, 2.05) is 25.1 Å². The van der Waals surface area contributed by atoms with Gasteiger partial charge in [-0.2, -0.15) is 13.2 Å². The summed E-state index contributed by atoms with van der Waals surface area (Å²) in [7, 11) is 1.66. The minimum atomic E-state index is -4.16. The molecule has 0 radical (unpaired) electrons. The van der Waals surface area contributed by atoms with Gasteiger partial charge >= 0.3 is 6.18 Å². The molecule has 1 aliphatic heterocycles. The summed E-state index contributed by atoms with van der Waals surface area (Å²) >= 11 is 0. The molecule has 5 nitrogen and oxygen atoms in total. The number of ether oxygens (including phenoxy) is 1. The number of hydrogen-bond acceptors (Lipinski definition) is 3. The fraction of sp³-hybridized carbons (Fsp3) is 0.650. The number of nitrogens with one attached hydrogen (secondary N) is 2. The van der Waals surface area contributed by atoms with Crippen molar-refractivity contribution in [2.24, 2.45) is 10.9 Å². The van der Waals surface area contributed by atoms with Gasteiger partial charge in [0, 0.05) is 38.3 Å². The third-order valence-corrected chi connectivity index (χ3v) is 5.08. The number of rotatable bonds is 7. The van der Waals surface area contributed by atoms with Gasteiger partial charge < -0.3 is 15.4 Å². The molecule has 2 fully saturated rings. The Balaban J connectivity index is 1.50. The number of nitrogens with zero attached hydrogens (tertiary/aromatic N) is 2. The van der Waals surface area contributed by atoms with Crippen molar-refractivity contribution < 1.29 is 17.9 Å². The molecule has 2 aliphatic rings. The number of alkyl halides is 3. The van der Waals surface area contributed by atoms with Crippen molar-refractivity contribution in [2.75, 3.05) is 33.3 Å². The lowest BCUT2D eigenvalue weighted by Crippen LogP contribution is -2.44. The highest BCUT2D eigenvalue weighted by Gasteiger charge is 2.34. The standard InChI is InChI=1S/C20H29F3N4O/c1-14-3-6-16(18(9-14)28-12-15-4-5-15)10-25-19(24-2)26-17-7-8-27(11-17)13-20(21,22)23/h3,6,9,15,17H,4-5,7-8,10-13H2,1-2H3,(H2,24,25,26). The maximum Gasteiger partial charge on any atom is 0.401 e. The summed E-state index contributed by atoms with van der Waals surface area (Å²) in [5.74, 6) is 2.15. The van der Waals surface area contributed by atoms with Crippen LogP contribution in [0.3, 0.4) is 0 Å². The second-order valence-corrected chi connectivity index (χ2v) is 7.77. The van der Waals surface area contributed by atoms with Gasteiger partial charge in [0.05, 0.1) is 13.2 Å². The maximum absolute atomic E-state index is 12.5. The molecule has 1 aromatic rings. The van der Waals surface area contributed by atoms with Gasteiger partial charge in [0.25, 0.3) is 0 Å². The van der Waals surface area contributed by atoms with Gasteiger partial charge in [-0.1, -0.05) is 12.1 Å². The van der Waals surface area contributed by atoms with Crippen LogP contribution >= 0.6 is 0 Å². The zero-order chi connectivity index (χ0) is 20.1. The number of guanidine groups is 1. The molecule has 0 bridgehead atoms. The molecule has 0 aromatic heterocycles. The minimum Gasteiger partial charge on any atom is -0.493 e. The second kappa shape index (κ2) is 9.03. The number of benzene rings is 1. The molecule has 1 saturated heterocycles. The molecule has 1 saturated carbocycles. The van der Waals surface area contributed by atoms with E-state index in [-0.39, 0.29) is 6.04 Å². The Morgan fingerprint density at radius 1 is 1.29 bits per heavy atom. The highest BCUT2D eigenvalue weighted by molar-refractivity contribution is 5.80. The molecular weight excluding hydrogens is 369 g/mol. The third-order valence-electron chi connectivity index (χ3n) is 5.08. The molecule has 0 amide bonds. The largest absolute Gasteiger partial charge is 0.493 e. The van der Waals surface area contributed by atoms with E-state index in [1.165, 1.54) is 17.7 Å². The van der Waals surface area contributed by atoms with Crippen molar-refractivity contribution in [1.29, 1.82) is 0 Å². The average molecular weight is 398 g/mol. The van der Waals surface area contributed by atoms with E-state index in [2.05, 4.69) is 15.6 Å². The summed E-state index contributed by atoms with van der Waals surface area (Å²) in [5, 5.41) is 6.49. The lowest BCUT2D eigenvalue weighted by Gasteiger charge is -2.20. The molecule has 0 spiro atoms. The fourth-order valence-corrected chi connectivity index (χ4v) is 3.35. The van der Waals surface area contributed by atoms with E-state index in [0.717, 1.165) is 23.5 Å². The molecule has 2 N–H and O–H groups in total. The topological polar surface area (TPSA) is 48.9 Å².